The molecule has 158 valence electrons. The molecule has 0 heterocycles. The molecule has 0 amide bonds. The molecule has 1 aliphatic rings. The van der Waals surface area contributed by atoms with Crippen molar-refractivity contribution >= 4 is 11.7 Å². The van der Waals surface area contributed by atoms with Gasteiger partial charge in [-0.25, -0.2) is 0 Å². The monoisotopic (exact) mass is 409 g/mol. The van der Waals surface area contributed by atoms with Crippen LogP contribution in [0.25, 0.3) is 0 Å². The van der Waals surface area contributed by atoms with Gasteiger partial charge in [0.1, 0.15) is 17.6 Å². The molecule has 0 spiro atoms. The Kier molecular flexibility index (Phi) is 7.15. The van der Waals surface area contributed by atoms with Gasteiger partial charge in [-0.15, -0.1) is 0 Å². The van der Waals surface area contributed by atoms with Gasteiger partial charge in [-0.2, -0.15) is 5.26 Å². The summed E-state index contributed by atoms with van der Waals surface area (Å²) < 4.78 is 11.6. The Morgan fingerprint density at radius 2 is 1.93 bits per heavy atom. The molecule has 1 aliphatic carbocycles. The number of nitrogens with one attached hydrogen (secondary N) is 1. The van der Waals surface area contributed by atoms with Crippen LogP contribution in [0.3, 0.4) is 0 Å². The summed E-state index contributed by atoms with van der Waals surface area (Å²) in [6.07, 6.45) is 2.48. The van der Waals surface area contributed by atoms with E-state index in [9.17, 15) is 15.0 Å². The Balaban J connectivity index is 1.88. The third-order valence-corrected chi connectivity index (χ3v) is 5.06. The van der Waals surface area contributed by atoms with Crippen molar-refractivity contribution in [2.45, 2.75) is 50.9 Å². The maximum absolute atomic E-state index is 11.9. The van der Waals surface area contributed by atoms with E-state index in [-0.39, 0.29) is 6.10 Å². The highest BCUT2D eigenvalue weighted by atomic mass is 16.5. The first kappa shape index (κ1) is 21.5. The first-order valence-electron chi connectivity index (χ1n) is 10.1. The Bertz CT molecular complexity index is 907. The van der Waals surface area contributed by atoms with Gasteiger partial charge in [-0.05, 0) is 68.1 Å². The number of nitrogens with zero attached hydrogens (tertiary/aromatic N) is 1. The molecule has 3 unspecified atom stereocenters. The standard InChI is InChI=1S/C23H26N2O5/c1-2-29-18-11-16(12-19(13-18)30-21-6-4-3-5-20(21)26)22(23(27)28)25-17-9-7-15(14-24)8-10-17/h7-13,20-22,25-26H,2-6H2,1H3,(H,27,28)/p-1. The predicted molar refractivity (Wildman–Crippen MR) is 109 cm³/mol. The number of hydrogen-bond donors (Lipinski definition) is 2. The van der Waals surface area contributed by atoms with Gasteiger partial charge in [0.25, 0.3) is 0 Å². The lowest BCUT2D eigenvalue weighted by atomic mass is 9.95. The molecule has 7 heteroatoms. The Labute approximate surface area is 175 Å². The van der Waals surface area contributed by atoms with E-state index in [0.717, 1.165) is 19.3 Å². The maximum atomic E-state index is 11.9. The number of aliphatic carboxylic acids is 1. The zero-order chi connectivity index (χ0) is 21.5. The lowest BCUT2D eigenvalue weighted by molar-refractivity contribution is -0.307. The number of anilines is 1. The molecule has 0 radical (unpaired) electrons. The van der Waals surface area contributed by atoms with E-state index in [1.165, 1.54) is 0 Å². The normalized spacial score (nSPS) is 19.4. The van der Waals surface area contributed by atoms with Crippen LogP contribution >= 0.6 is 0 Å². The molecule has 1 fully saturated rings. The van der Waals surface area contributed by atoms with Gasteiger partial charge in [0, 0.05) is 11.8 Å². The van der Waals surface area contributed by atoms with Crippen molar-refractivity contribution < 1.29 is 24.5 Å². The second-order valence-corrected chi connectivity index (χ2v) is 7.26. The largest absolute Gasteiger partial charge is 0.548 e. The Hall–Kier alpha value is -3.24. The zero-order valence-electron chi connectivity index (χ0n) is 16.8. The minimum absolute atomic E-state index is 0.337. The molecule has 7 nitrogen and oxygen atoms in total. The van der Waals surface area contributed by atoms with Crippen LogP contribution in [0.5, 0.6) is 11.5 Å². The number of rotatable bonds is 8. The van der Waals surface area contributed by atoms with Crippen molar-refractivity contribution in [3.63, 3.8) is 0 Å². The number of ether oxygens (including phenoxy) is 2. The van der Waals surface area contributed by atoms with Gasteiger partial charge in [-0.3, -0.25) is 0 Å². The summed E-state index contributed by atoms with van der Waals surface area (Å²) in [7, 11) is 0. The predicted octanol–water partition coefficient (Wildman–Crippen LogP) is 2.54. The van der Waals surface area contributed by atoms with E-state index in [4.69, 9.17) is 14.7 Å². The number of carbonyl (C=O) groups excluding carboxylic acids is 1. The number of nitriles is 1. The van der Waals surface area contributed by atoms with Crippen LogP contribution in [0.15, 0.2) is 42.5 Å². The molecule has 2 aromatic rings. The fourth-order valence-electron chi connectivity index (χ4n) is 3.55. The molecule has 2 aromatic carbocycles. The second-order valence-electron chi connectivity index (χ2n) is 7.26. The molecule has 0 bridgehead atoms. The van der Waals surface area contributed by atoms with E-state index >= 15 is 0 Å². The van der Waals surface area contributed by atoms with Crippen LogP contribution in [0, 0.1) is 11.3 Å². The average Bonchev–Trinajstić information content (AvgIpc) is 2.74. The van der Waals surface area contributed by atoms with Crippen molar-refractivity contribution in [1.82, 2.24) is 0 Å². The maximum Gasteiger partial charge on any atom is 0.124 e. The smallest absolute Gasteiger partial charge is 0.124 e. The van der Waals surface area contributed by atoms with E-state index in [2.05, 4.69) is 5.32 Å². The molecule has 3 rings (SSSR count). The third kappa shape index (κ3) is 5.43. The number of benzene rings is 2. The molecular formula is C23H25N2O5-. The number of carbonyl (C=O) groups is 1. The third-order valence-electron chi connectivity index (χ3n) is 5.06. The Morgan fingerprint density at radius 3 is 2.57 bits per heavy atom. The summed E-state index contributed by atoms with van der Waals surface area (Å²) in [5.74, 6) is -0.394. The number of aliphatic hydroxyl groups excluding tert-OH is 1. The summed E-state index contributed by atoms with van der Waals surface area (Å²) in [5, 5.41) is 34.0. The fourth-order valence-corrected chi connectivity index (χ4v) is 3.55. The highest BCUT2D eigenvalue weighted by Gasteiger charge is 2.25. The van der Waals surface area contributed by atoms with Crippen LogP contribution in [-0.4, -0.2) is 29.9 Å². The zero-order valence-corrected chi connectivity index (χ0v) is 16.8. The fraction of sp³-hybridized carbons (Fsp3) is 0.391. The molecular weight excluding hydrogens is 384 g/mol. The lowest BCUT2D eigenvalue weighted by Crippen LogP contribution is -2.35. The number of carboxylic acid groups (broad SMARTS) is 1. The van der Waals surface area contributed by atoms with Gasteiger partial charge in [-0.1, -0.05) is 6.42 Å². The molecule has 0 aromatic heterocycles. The van der Waals surface area contributed by atoms with Crippen molar-refractivity contribution in [1.29, 1.82) is 5.26 Å². The van der Waals surface area contributed by atoms with E-state index in [1.54, 1.807) is 42.5 Å². The summed E-state index contributed by atoms with van der Waals surface area (Å²) in [6, 6.07) is 12.3. The van der Waals surface area contributed by atoms with Gasteiger partial charge >= 0.3 is 0 Å². The van der Waals surface area contributed by atoms with Gasteiger partial charge in [0.15, 0.2) is 0 Å². The quantitative estimate of drug-likeness (QED) is 0.688. The highest BCUT2D eigenvalue weighted by molar-refractivity contribution is 5.78. The summed E-state index contributed by atoms with van der Waals surface area (Å²) in [5.41, 5.74) is 1.42. The molecule has 1 saturated carbocycles. The van der Waals surface area contributed by atoms with Crippen LogP contribution in [0.2, 0.25) is 0 Å². The summed E-state index contributed by atoms with van der Waals surface area (Å²) in [4.78, 5) is 11.9. The minimum atomic E-state index is -1.31. The first-order valence-corrected chi connectivity index (χ1v) is 10.1. The first-order chi connectivity index (χ1) is 14.5. The molecule has 0 saturated heterocycles. The SMILES string of the molecule is CCOc1cc(OC2CCCCC2O)cc(C(Nc2ccc(C#N)cc2)C(=O)[O-])c1. The van der Waals surface area contributed by atoms with Crippen LogP contribution in [0.1, 0.15) is 49.8 Å². The van der Waals surface area contributed by atoms with Crippen LogP contribution in [0.4, 0.5) is 5.69 Å². The van der Waals surface area contributed by atoms with E-state index < -0.39 is 18.1 Å². The van der Waals surface area contributed by atoms with Crippen LogP contribution in [-0.2, 0) is 4.79 Å². The summed E-state index contributed by atoms with van der Waals surface area (Å²) >= 11 is 0. The minimum Gasteiger partial charge on any atom is -0.548 e. The highest BCUT2D eigenvalue weighted by Crippen LogP contribution is 2.31. The number of hydrogen-bond acceptors (Lipinski definition) is 7. The van der Waals surface area contributed by atoms with Gasteiger partial charge in [0.05, 0.1) is 36.4 Å². The molecule has 2 N–H and O–H groups in total. The van der Waals surface area contributed by atoms with Crippen molar-refractivity contribution in [3.05, 3.63) is 53.6 Å². The summed E-state index contributed by atoms with van der Waals surface area (Å²) in [6.45, 7) is 2.25. The van der Waals surface area contributed by atoms with Gasteiger partial charge in [0.2, 0.25) is 0 Å². The van der Waals surface area contributed by atoms with Crippen LogP contribution < -0.4 is 19.9 Å². The molecule has 30 heavy (non-hydrogen) atoms. The number of aliphatic hydroxyl groups is 1. The van der Waals surface area contributed by atoms with Gasteiger partial charge < -0.3 is 29.8 Å². The molecule has 0 aliphatic heterocycles. The second kappa shape index (κ2) is 9.99. The Morgan fingerprint density at radius 1 is 1.23 bits per heavy atom. The van der Waals surface area contributed by atoms with E-state index in [1.807, 2.05) is 13.0 Å². The lowest BCUT2D eigenvalue weighted by Gasteiger charge is -2.29. The molecule has 3 atom stereocenters. The van der Waals surface area contributed by atoms with E-state index in [0.29, 0.717) is 41.3 Å². The van der Waals surface area contributed by atoms with Crippen molar-refractivity contribution in [2.24, 2.45) is 0 Å². The number of carboxylic acids is 1. The van der Waals surface area contributed by atoms with Crippen molar-refractivity contribution in [2.75, 3.05) is 11.9 Å². The average molecular weight is 409 g/mol. The topological polar surface area (TPSA) is 115 Å². The van der Waals surface area contributed by atoms with Crippen molar-refractivity contribution in [3.8, 4) is 17.6 Å².